The van der Waals surface area contributed by atoms with E-state index in [1.807, 2.05) is 20.8 Å². The van der Waals surface area contributed by atoms with Gasteiger partial charge < -0.3 is 50.7 Å². The summed E-state index contributed by atoms with van der Waals surface area (Å²) in [7, 11) is -0.407. The molecule has 0 aromatic carbocycles. The van der Waals surface area contributed by atoms with E-state index in [-0.39, 0.29) is 42.5 Å². The predicted molar refractivity (Wildman–Crippen MR) is 259 cm³/mol. The largest absolute Gasteiger partial charge is 0.444 e. The third kappa shape index (κ3) is 20.6. The van der Waals surface area contributed by atoms with Gasteiger partial charge in [0.15, 0.2) is 8.32 Å². The molecular weight excluding hydrogens is 847 g/mol. The van der Waals surface area contributed by atoms with E-state index in [9.17, 15) is 28.8 Å². The summed E-state index contributed by atoms with van der Waals surface area (Å²) in [6.45, 7) is 26.3. The van der Waals surface area contributed by atoms with Gasteiger partial charge in [-0.3, -0.25) is 24.0 Å². The van der Waals surface area contributed by atoms with E-state index < -0.39 is 85.9 Å². The van der Waals surface area contributed by atoms with Crippen LogP contribution >= 0.6 is 0 Å². The molecule has 2 aliphatic rings. The van der Waals surface area contributed by atoms with Crippen molar-refractivity contribution in [3.8, 4) is 0 Å². The Bertz CT molecular complexity index is 1510. The molecular formula is C48H91N7O9Si. The van der Waals surface area contributed by atoms with Crippen molar-refractivity contribution < 1.29 is 42.7 Å². The summed E-state index contributed by atoms with van der Waals surface area (Å²) in [5, 5.41) is 17.7. The molecule has 7 atom stereocenters. The van der Waals surface area contributed by atoms with E-state index in [1.165, 1.54) is 4.90 Å². The fourth-order valence-electron chi connectivity index (χ4n) is 8.01. The predicted octanol–water partition coefficient (Wildman–Crippen LogP) is 5.93. The van der Waals surface area contributed by atoms with E-state index in [2.05, 4.69) is 72.7 Å². The number of carbonyl (C=O) groups excluding carboxylic acids is 6. The first-order valence-corrected chi connectivity index (χ1v) is 27.6. The average Bonchev–Trinajstić information content (AvgIpc) is 3.49. The monoisotopic (exact) mass is 938 g/mol. The summed E-state index contributed by atoms with van der Waals surface area (Å²) >= 11 is 0. The van der Waals surface area contributed by atoms with Crippen LogP contribution in [0.25, 0.3) is 0 Å². The van der Waals surface area contributed by atoms with Crippen LogP contribution in [-0.4, -0.2) is 131 Å². The van der Waals surface area contributed by atoms with Crippen molar-refractivity contribution in [1.82, 2.24) is 36.8 Å². The first-order valence-electron chi connectivity index (χ1n) is 24.7. The second-order valence-electron chi connectivity index (χ2n) is 21.6. The van der Waals surface area contributed by atoms with Gasteiger partial charge in [0.25, 0.3) is 0 Å². The molecule has 0 aromatic rings. The zero-order valence-electron chi connectivity index (χ0n) is 42.8. The number of ether oxygens (including phenoxy) is 2. The fraction of sp³-hybridized carbons (Fsp3) is 0.875. The zero-order chi connectivity index (χ0) is 49.1. The molecule has 1 aliphatic heterocycles. The van der Waals surface area contributed by atoms with Crippen LogP contribution < -0.4 is 31.9 Å². The van der Waals surface area contributed by atoms with Crippen molar-refractivity contribution in [3.63, 3.8) is 0 Å². The van der Waals surface area contributed by atoms with E-state index in [4.69, 9.17) is 13.9 Å². The van der Waals surface area contributed by atoms with Crippen molar-refractivity contribution in [2.75, 3.05) is 39.9 Å². The van der Waals surface area contributed by atoms with Crippen molar-refractivity contribution in [3.05, 3.63) is 0 Å². The molecule has 1 saturated carbocycles. The molecule has 2 fully saturated rings. The first-order chi connectivity index (χ1) is 30.3. The lowest BCUT2D eigenvalue weighted by Crippen LogP contribution is -2.63. The third-order valence-electron chi connectivity index (χ3n) is 13.0. The maximum atomic E-state index is 14.7. The highest BCUT2D eigenvalue weighted by molar-refractivity contribution is 6.74. The van der Waals surface area contributed by atoms with Crippen molar-refractivity contribution in [2.45, 2.75) is 213 Å². The number of hydrogen-bond acceptors (Lipinski definition) is 10. The number of carbonyl (C=O) groups is 6. The molecule has 65 heavy (non-hydrogen) atoms. The van der Waals surface area contributed by atoms with Crippen LogP contribution in [0.5, 0.6) is 0 Å². The van der Waals surface area contributed by atoms with E-state index in [0.29, 0.717) is 38.8 Å². The molecule has 376 valence electrons. The van der Waals surface area contributed by atoms with Crippen molar-refractivity contribution >= 4 is 43.9 Å². The molecule has 17 heteroatoms. The Hall–Kier alpha value is -3.28. The van der Waals surface area contributed by atoms with Gasteiger partial charge in [0.1, 0.15) is 29.8 Å². The SMILES string of the molecule is CCCCCC[C@H]1OC[C@@H](C)NC(=O)[C@H](CNCCO[Si](C)(C)C(C)(C)C)NC(=O)[C@H](CNC(=O)OC(C)(C)C)NC(=O)[C@H](C2CCCCCC2)NC(=O)[C@H](CC(C)C)N(C)C(=O)[C@@H]1C. The molecule has 0 unspecified atom stereocenters. The lowest BCUT2D eigenvalue weighted by atomic mass is 9.90. The number of alkyl carbamates (subject to hydrolysis) is 1. The van der Waals surface area contributed by atoms with Crippen LogP contribution in [0.1, 0.15) is 153 Å². The summed E-state index contributed by atoms with van der Waals surface area (Å²) in [4.78, 5) is 86.8. The van der Waals surface area contributed by atoms with Gasteiger partial charge in [0, 0.05) is 32.8 Å². The second-order valence-corrected chi connectivity index (χ2v) is 26.4. The third-order valence-corrected chi connectivity index (χ3v) is 17.6. The van der Waals surface area contributed by atoms with Crippen molar-refractivity contribution in [2.24, 2.45) is 17.8 Å². The summed E-state index contributed by atoms with van der Waals surface area (Å²) < 4.78 is 18.3. The number of rotatable bonds is 16. The van der Waals surface area contributed by atoms with Gasteiger partial charge in [-0.2, -0.15) is 0 Å². The Morgan fingerprint density at radius 3 is 2.02 bits per heavy atom. The smallest absolute Gasteiger partial charge is 0.407 e. The van der Waals surface area contributed by atoms with E-state index in [0.717, 1.165) is 51.4 Å². The molecule has 1 heterocycles. The van der Waals surface area contributed by atoms with E-state index >= 15 is 0 Å². The van der Waals surface area contributed by atoms with Crippen LogP contribution in [0, 0.1) is 17.8 Å². The standard InChI is InChI=1S/C48H91N7O9Si/c1-15-16-17-22-25-39-34(5)45(60)55(12)38(28-32(2)3)43(58)54-40(35-23-20-18-19-21-24-35)44(59)53-37(30-50-46(61)64-47(6,7)8)42(57)52-36(41(56)51-33(4)31-62-39)29-49-26-27-63-65(13,14)48(9,10)11/h32-40,49H,15-31H2,1-14H3,(H,50,61)(H,51,56)(H,52,57)(H,53,59)(H,54,58)/t33-,34-,36+,37+,38+,39-,40+/m1/s1. The lowest BCUT2D eigenvalue weighted by Gasteiger charge is -2.36. The maximum absolute atomic E-state index is 14.7. The molecule has 0 spiro atoms. The molecule has 6 amide bonds. The highest BCUT2D eigenvalue weighted by Crippen LogP contribution is 2.36. The zero-order valence-corrected chi connectivity index (χ0v) is 43.8. The maximum Gasteiger partial charge on any atom is 0.407 e. The minimum Gasteiger partial charge on any atom is -0.444 e. The van der Waals surface area contributed by atoms with Gasteiger partial charge in [-0.05, 0) is 83.3 Å². The minimum atomic E-state index is -2.05. The van der Waals surface area contributed by atoms with Crippen LogP contribution in [-0.2, 0) is 37.9 Å². The van der Waals surface area contributed by atoms with Crippen LogP contribution in [0.3, 0.4) is 0 Å². The number of likely N-dealkylation sites (N-methyl/N-ethyl adjacent to an activating group) is 1. The van der Waals surface area contributed by atoms with Gasteiger partial charge in [-0.25, -0.2) is 4.79 Å². The Morgan fingerprint density at radius 2 is 1.43 bits per heavy atom. The number of amides is 6. The Labute approximate surface area is 393 Å². The summed E-state index contributed by atoms with van der Waals surface area (Å²) in [6, 6.07) is -4.94. The van der Waals surface area contributed by atoms with Crippen LogP contribution in [0.15, 0.2) is 0 Å². The normalized spacial score (nSPS) is 25.9. The number of unbranched alkanes of at least 4 members (excludes halogenated alkanes) is 3. The number of hydrogen-bond donors (Lipinski definition) is 6. The Balaban J connectivity index is 2.67. The van der Waals surface area contributed by atoms with Crippen LogP contribution in [0.4, 0.5) is 4.79 Å². The number of nitrogens with one attached hydrogen (secondary N) is 6. The summed E-state index contributed by atoms with van der Waals surface area (Å²) in [6.07, 6.45) is 8.67. The molecule has 0 radical (unpaired) electrons. The van der Waals surface area contributed by atoms with Crippen molar-refractivity contribution in [1.29, 1.82) is 0 Å². The van der Waals surface area contributed by atoms with Gasteiger partial charge in [-0.1, -0.05) is 99.8 Å². The molecule has 2 rings (SSSR count). The molecule has 16 nitrogen and oxygen atoms in total. The quantitative estimate of drug-likeness (QED) is 0.0612. The van der Waals surface area contributed by atoms with Gasteiger partial charge >= 0.3 is 6.09 Å². The topological polar surface area (TPSA) is 206 Å². The molecule has 6 N–H and O–H groups in total. The average molecular weight is 938 g/mol. The minimum absolute atomic E-state index is 0.00940. The van der Waals surface area contributed by atoms with Crippen LogP contribution in [0.2, 0.25) is 18.1 Å². The van der Waals surface area contributed by atoms with Gasteiger partial charge in [0.2, 0.25) is 29.5 Å². The van der Waals surface area contributed by atoms with E-state index in [1.54, 1.807) is 34.7 Å². The highest BCUT2D eigenvalue weighted by atomic mass is 28.4. The Kier molecular flexibility index (Phi) is 24.5. The lowest BCUT2D eigenvalue weighted by molar-refractivity contribution is -0.147. The second kappa shape index (κ2) is 27.5. The summed E-state index contributed by atoms with van der Waals surface area (Å²) in [5.74, 6) is -3.34. The number of nitrogens with zero attached hydrogens (tertiary/aromatic N) is 1. The molecule has 0 aromatic heterocycles. The molecule has 0 bridgehead atoms. The summed E-state index contributed by atoms with van der Waals surface area (Å²) in [5.41, 5.74) is -0.834. The Morgan fingerprint density at radius 1 is 0.831 bits per heavy atom. The highest BCUT2D eigenvalue weighted by Gasteiger charge is 2.40. The first kappa shape index (κ1) is 57.8. The molecule has 1 saturated heterocycles. The van der Waals surface area contributed by atoms with Gasteiger partial charge in [0.05, 0.1) is 25.2 Å². The molecule has 1 aliphatic carbocycles. The fourth-order valence-corrected chi connectivity index (χ4v) is 9.05. The van der Waals surface area contributed by atoms with Gasteiger partial charge in [-0.15, -0.1) is 0 Å².